The highest BCUT2D eigenvalue weighted by molar-refractivity contribution is 14.1. The first-order valence-electron chi connectivity index (χ1n) is 11.6. The van der Waals surface area contributed by atoms with E-state index in [2.05, 4.69) is 152 Å². The molecule has 0 N–H and O–H groups in total. The molecule has 32 heavy (non-hydrogen) atoms. The molecule has 0 radical (unpaired) electrons. The van der Waals surface area contributed by atoms with Gasteiger partial charge in [0.05, 0.1) is 3.16 Å². The topological polar surface area (TPSA) is 0 Å². The molecule has 2 aromatic rings. The van der Waals surface area contributed by atoms with Gasteiger partial charge in [-0.15, -0.1) is 0 Å². The lowest BCUT2D eigenvalue weighted by molar-refractivity contribution is 0.690. The van der Waals surface area contributed by atoms with Crippen molar-refractivity contribution in [2.75, 3.05) is 0 Å². The number of aryl methyl sites for hydroxylation is 2. The first-order valence-corrected chi connectivity index (χ1v) is 15.3. The van der Waals surface area contributed by atoms with Crippen molar-refractivity contribution in [3.05, 3.63) is 83.2 Å². The van der Waals surface area contributed by atoms with Crippen LogP contribution >= 0.6 is 38.4 Å². The highest BCUT2D eigenvalue weighted by atomic mass is 127. The molecule has 0 bridgehead atoms. The summed E-state index contributed by atoms with van der Waals surface area (Å²) in [4.78, 5) is 0. The van der Waals surface area contributed by atoms with Crippen molar-refractivity contribution in [3.8, 4) is 0 Å². The second-order valence-electron chi connectivity index (χ2n) is 11.1. The van der Waals surface area contributed by atoms with Gasteiger partial charge in [0, 0.05) is 5.92 Å². The van der Waals surface area contributed by atoms with Crippen molar-refractivity contribution in [3.63, 3.8) is 0 Å². The van der Waals surface area contributed by atoms with Gasteiger partial charge >= 0.3 is 0 Å². The van der Waals surface area contributed by atoms with Crippen LogP contribution in [-0.4, -0.2) is 13.5 Å². The Morgan fingerprint density at radius 3 is 1.56 bits per heavy atom. The van der Waals surface area contributed by atoms with Crippen molar-refractivity contribution in [2.45, 2.75) is 75.8 Å². The molecule has 1 aliphatic rings. The number of hydrogen-bond donors (Lipinski definition) is 0. The SMILES string of the molecule is Cc1ccccc1P(c1ccccc1C)C(C)(I)C1C=CC=C1P(C(C)(C)C)C(C)(C)C. The fourth-order valence-corrected chi connectivity index (χ4v) is 15.2. The highest BCUT2D eigenvalue weighted by Crippen LogP contribution is 2.71. The largest absolute Gasteiger partial charge is 0.0753 e. The van der Waals surface area contributed by atoms with Gasteiger partial charge < -0.3 is 0 Å². The molecule has 3 rings (SSSR count). The van der Waals surface area contributed by atoms with Crippen LogP contribution < -0.4 is 10.6 Å². The van der Waals surface area contributed by atoms with Gasteiger partial charge in [0.25, 0.3) is 0 Å². The molecule has 0 saturated carbocycles. The summed E-state index contributed by atoms with van der Waals surface area (Å²) < 4.78 is 0.0707. The molecular weight excluding hydrogens is 537 g/mol. The summed E-state index contributed by atoms with van der Waals surface area (Å²) in [6, 6.07) is 18.1. The highest BCUT2D eigenvalue weighted by Gasteiger charge is 2.48. The van der Waals surface area contributed by atoms with E-state index < -0.39 is 7.92 Å². The maximum Gasteiger partial charge on any atom is 0.0576 e. The van der Waals surface area contributed by atoms with E-state index in [4.69, 9.17) is 0 Å². The minimum Gasteiger partial charge on any atom is -0.0753 e. The molecule has 0 heterocycles. The Hall–Kier alpha value is -0.490. The molecule has 1 aliphatic carbocycles. The second kappa shape index (κ2) is 9.64. The molecule has 0 saturated heterocycles. The van der Waals surface area contributed by atoms with Crippen molar-refractivity contribution in [1.29, 1.82) is 0 Å². The van der Waals surface area contributed by atoms with E-state index in [9.17, 15) is 0 Å². The van der Waals surface area contributed by atoms with Crippen LogP contribution in [0.15, 0.2) is 72.1 Å². The van der Waals surface area contributed by atoms with Gasteiger partial charge in [-0.1, -0.05) is 139 Å². The van der Waals surface area contributed by atoms with Crippen LogP contribution in [0, 0.1) is 19.8 Å². The van der Waals surface area contributed by atoms with Gasteiger partial charge in [0.15, 0.2) is 0 Å². The molecule has 0 aromatic heterocycles. The summed E-state index contributed by atoms with van der Waals surface area (Å²) in [5, 5.41) is 5.24. The Kier molecular flexibility index (Phi) is 7.87. The summed E-state index contributed by atoms with van der Waals surface area (Å²) in [6.45, 7) is 21.7. The zero-order chi connectivity index (χ0) is 23.9. The molecule has 0 nitrogen and oxygen atoms in total. The van der Waals surface area contributed by atoms with E-state index in [0.717, 1.165) is 0 Å². The summed E-state index contributed by atoms with van der Waals surface area (Å²) in [5.41, 5.74) is 2.82. The summed E-state index contributed by atoms with van der Waals surface area (Å²) in [5.74, 6) is 0.443. The average Bonchev–Trinajstić information content (AvgIpc) is 3.12. The number of hydrogen-bond acceptors (Lipinski definition) is 0. The van der Waals surface area contributed by atoms with Crippen LogP contribution in [-0.2, 0) is 0 Å². The quantitative estimate of drug-likeness (QED) is 0.189. The van der Waals surface area contributed by atoms with Crippen LogP contribution in [0.2, 0.25) is 0 Å². The third-order valence-electron chi connectivity index (χ3n) is 6.21. The zero-order valence-electron chi connectivity index (χ0n) is 21.2. The third kappa shape index (κ3) is 5.26. The molecule has 2 unspecified atom stereocenters. The molecule has 0 fully saturated rings. The fourth-order valence-electron chi connectivity index (χ4n) is 5.28. The lowest BCUT2D eigenvalue weighted by Crippen LogP contribution is -2.37. The number of allylic oxidation sites excluding steroid dienone is 4. The zero-order valence-corrected chi connectivity index (χ0v) is 25.1. The predicted molar refractivity (Wildman–Crippen MR) is 158 cm³/mol. The van der Waals surface area contributed by atoms with Crippen molar-refractivity contribution in [1.82, 2.24) is 0 Å². The molecule has 3 heteroatoms. The maximum absolute atomic E-state index is 2.83. The van der Waals surface area contributed by atoms with E-state index in [1.54, 1.807) is 5.31 Å². The Morgan fingerprint density at radius 1 is 0.719 bits per heavy atom. The Morgan fingerprint density at radius 2 is 1.16 bits per heavy atom. The maximum atomic E-state index is 2.83. The monoisotopic (exact) mass is 576 g/mol. The van der Waals surface area contributed by atoms with Gasteiger partial charge in [-0.25, -0.2) is 0 Å². The first kappa shape index (κ1) is 26.1. The molecular formula is C29H39IP2. The number of rotatable bonds is 5. The van der Waals surface area contributed by atoms with Crippen LogP contribution in [0.3, 0.4) is 0 Å². The molecule has 0 spiro atoms. The van der Waals surface area contributed by atoms with Gasteiger partial charge in [-0.2, -0.15) is 0 Å². The number of alkyl halides is 1. The minimum atomic E-state index is -0.565. The normalized spacial score (nSPS) is 18.9. The van der Waals surface area contributed by atoms with E-state index >= 15 is 0 Å². The van der Waals surface area contributed by atoms with E-state index in [0.29, 0.717) is 5.92 Å². The number of halogens is 1. The third-order valence-corrected chi connectivity index (χ3v) is 15.1. The van der Waals surface area contributed by atoms with Gasteiger partial charge in [0.1, 0.15) is 0 Å². The predicted octanol–water partition coefficient (Wildman–Crippen LogP) is 9.04. The summed E-state index contributed by atoms with van der Waals surface area (Å²) in [6.07, 6.45) is 7.31. The smallest absolute Gasteiger partial charge is 0.0576 e. The standard InChI is InChI=1S/C29H39IP2/c1-21-15-10-12-18-24(21)31(25-19-13-11-16-22(25)2)29(9,30)23-17-14-20-26(23)32(27(3,4)5)28(6,7)8/h10-20,23H,1-9H3. The van der Waals surface area contributed by atoms with E-state index in [1.165, 1.54) is 21.7 Å². The summed E-state index contributed by atoms with van der Waals surface area (Å²) in [7, 11) is -0.886. The van der Waals surface area contributed by atoms with Crippen molar-refractivity contribution >= 4 is 49.0 Å². The van der Waals surface area contributed by atoms with Gasteiger partial charge in [0.2, 0.25) is 0 Å². The van der Waals surface area contributed by atoms with Gasteiger partial charge in [-0.3, -0.25) is 0 Å². The van der Waals surface area contributed by atoms with Crippen molar-refractivity contribution in [2.24, 2.45) is 5.92 Å². The minimum absolute atomic E-state index is 0.0707. The molecule has 0 aliphatic heterocycles. The van der Waals surface area contributed by atoms with Crippen LogP contribution in [0.4, 0.5) is 0 Å². The summed E-state index contributed by atoms with van der Waals surface area (Å²) >= 11 is 2.83. The molecule has 2 aromatic carbocycles. The lowest BCUT2D eigenvalue weighted by Gasteiger charge is -2.48. The van der Waals surface area contributed by atoms with Crippen LogP contribution in [0.1, 0.15) is 59.6 Å². The first-order chi connectivity index (χ1) is 14.8. The van der Waals surface area contributed by atoms with E-state index in [-0.39, 0.29) is 21.4 Å². The van der Waals surface area contributed by atoms with E-state index in [1.807, 2.05) is 0 Å². The van der Waals surface area contributed by atoms with Crippen LogP contribution in [0.25, 0.3) is 0 Å². The second-order valence-corrected chi connectivity index (χ2v) is 20.6. The lowest BCUT2D eigenvalue weighted by atomic mass is 10.1. The molecule has 2 atom stereocenters. The molecule has 172 valence electrons. The fraction of sp³-hybridized carbons (Fsp3) is 0.448. The molecule has 0 amide bonds. The average molecular weight is 576 g/mol. The van der Waals surface area contributed by atoms with Crippen molar-refractivity contribution < 1.29 is 0 Å². The Labute approximate surface area is 213 Å². The van der Waals surface area contributed by atoms with Crippen LogP contribution in [0.5, 0.6) is 0 Å². The number of benzene rings is 2. The van der Waals surface area contributed by atoms with Gasteiger partial charge in [-0.05, 0) is 66.1 Å². The Balaban J connectivity index is 2.19. The Bertz CT molecular complexity index is 958.